The van der Waals surface area contributed by atoms with Gasteiger partial charge < -0.3 is 24.5 Å². The number of hydrogen-bond acceptors (Lipinski definition) is 5. The third-order valence-electron chi connectivity index (χ3n) is 8.12. The Bertz CT molecular complexity index is 1810. The number of aliphatic hydroxyl groups excluding tert-OH is 1. The molecule has 0 amide bonds. The van der Waals surface area contributed by atoms with Gasteiger partial charge in [-0.3, -0.25) is 9.59 Å². The Morgan fingerprint density at radius 1 is 0.952 bits per heavy atom. The van der Waals surface area contributed by atoms with Gasteiger partial charge in [0.15, 0.2) is 11.5 Å². The van der Waals surface area contributed by atoms with Crippen LogP contribution in [0.4, 0.5) is 0 Å². The van der Waals surface area contributed by atoms with E-state index in [9.17, 15) is 14.7 Å². The number of carbonyl (C=O) groups is 2. The van der Waals surface area contributed by atoms with E-state index in [1.165, 1.54) is 14.2 Å². The van der Waals surface area contributed by atoms with Gasteiger partial charge in [0.25, 0.3) is 0 Å². The zero-order chi connectivity index (χ0) is 30.6. The number of rotatable bonds is 9. The molecule has 5 rings (SSSR count). The number of allylic oxidation sites excluding steroid dienone is 3. The molecular formula is C34H35ClN2O5. The van der Waals surface area contributed by atoms with Crippen molar-refractivity contribution in [2.24, 2.45) is 0 Å². The summed E-state index contributed by atoms with van der Waals surface area (Å²) in [4.78, 5) is 34.5. The van der Waals surface area contributed by atoms with E-state index in [2.05, 4.69) is 16.5 Å². The van der Waals surface area contributed by atoms with Crippen LogP contribution < -0.4 is 0 Å². The smallest absolute Gasteiger partial charge is 0.232 e. The number of benzene rings is 2. The van der Waals surface area contributed by atoms with Crippen LogP contribution in [-0.2, 0) is 30.9 Å². The van der Waals surface area contributed by atoms with Crippen LogP contribution in [0.5, 0.6) is 0 Å². The summed E-state index contributed by atoms with van der Waals surface area (Å²) in [5.41, 5.74) is 3.88. The molecule has 3 N–H and O–H groups in total. The molecule has 0 bridgehead atoms. The maximum absolute atomic E-state index is 14.4. The van der Waals surface area contributed by atoms with Gasteiger partial charge in [0.1, 0.15) is 0 Å². The number of Topliss-reactive ketones (excluding diaryl/α,β-unsaturated/α-hetero) is 2. The van der Waals surface area contributed by atoms with Gasteiger partial charge in [0, 0.05) is 56.7 Å². The van der Waals surface area contributed by atoms with E-state index in [1.54, 1.807) is 26.1 Å². The summed E-state index contributed by atoms with van der Waals surface area (Å²) in [5.74, 6) is -1.06. The Morgan fingerprint density at radius 2 is 1.57 bits per heavy atom. The van der Waals surface area contributed by atoms with Crippen LogP contribution in [0.25, 0.3) is 33.0 Å². The van der Waals surface area contributed by atoms with Crippen LogP contribution in [0, 0.1) is 0 Å². The molecule has 42 heavy (non-hydrogen) atoms. The standard InChI is InChI=1S/C34H35ClN2O5/c1-8-33(2,3)32-24(20-13-9-10-15-22(20)37-32)26-29(40)30(41-6)25(28(39)31(26)42-7)21-17-36-27-18(12-11-14-19(21)27)16-23(38)34(4,5)35/h8-15,17,23,36-38H,1,16H2,2-7H3. The lowest BCUT2D eigenvalue weighted by Gasteiger charge is -2.26. The number of ketones is 2. The Kier molecular flexibility index (Phi) is 7.46. The predicted octanol–water partition coefficient (Wildman–Crippen LogP) is 6.60. The first-order valence-electron chi connectivity index (χ1n) is 13.7. The number of methoxy groups -OCH3 is 2. The van der Waals surface area contributed by atoms with E-state index >= 15 is 0 Å². The number of aromatic nitrogens is 2. The molecule has 2 heterocycles. The quantitative estimate of drug-likeness (QED) is 0.116. The molecule has 0 radical (unpaired) electrons. The van der Waals surface area contributed by atoms with E-state index < -0.39 is 28.0 Å². The lowest BCUT2D eigenvalue weighted by Crippen LogP contribution is -2.32. The van der Waals surface area contributed by atoms with Crippen molar-refractivity contribution in [2.45, 2.75) is 50.5 Å². The van der Waals surface area contributed by atoms with Crippen LogP contribution in [0.15, 0.2) is 72.8 Å². The number of nitrogens with one attached hydrogen (secondary N) is 2. The molecule has 1 atom stereocenters. The fourth-order valence-electron chi connectivity index (χ4n) is 5.55. The number of H-pyrrole nitrogens is 2. The Morgan fingerprint density at radius 3 is 2.21 bits per heavy atom. The fraction of sp³-hybridized carbons (Fsp3) is 0.294. The highest BCUT2D eigenvalue weighted by atomic mass is 35.5. The average Bonchev–Trinajstić information content (AvgIpc) is 3.56. The van der Waals surface area contributed by atoms with E-state index in [4.69, 9.17) is 21.1 Å². The third kappa shape index (κ3) is 4.67. The summed E-state index contributed by atoms with van der Waals surface area (Å²) in [6.07, 6.45) is 2.97. The molecule has 1 aliphatic carbocycles. The number of hydrogen-bond donors (Lipinski definition) is 3. The van der Waals surface area contributed by atoms with Crippen LogP contribution >= 0.6 is 11.6 Å². The van der Waals surface area contributed by atoms with Gasteiger partial charge in [0.2, 0.25) is 11.6 Å². The molecule has 8 heteroatoms. The van der Waals surface area contributed by atoms with Gasteiger partial charge in [-0.05, 0) is 25.5 Å². The van der Waals surface area contributed by atoms with Gasteiger partial charge in [-0.25, -0.2) is 0 Å². The number of ether oxygens (including phenoxy) is 2. The van der Waals surface area contributed by atoms with E-state index in [1.807, 2.05) is 56.3 Å². The van der Waals surface area contributed by atoms with Crippen molar-refractivity contribution in [3.05, 3.63) is 95.2 Å². The molecule has 0 saturated carbocycles. The molecule has 0 aliphatic heterocycles. The fourth-order valence-corrected chi connectivity index (χ4v) is 5.63. The van der Waals surface area contributed by atoms with Crippen molar-refractivity contribution < 1.29 is 24.2 Å². The van der Waals surface area contributed by atoms with E-state index in [-0.39, 0.29) is 22.7 Å². The van der Waals surface area contributed by atoms with Gasteiger partial charge in [-0.1, -0.05) is 56.3 Å². The number of para-hydroxylation sites is 2. The minimum atomic E-state index is -0.828. The Labute approximate surface area is 249 Å². The highest BCUT2D eigenvalue weighted by molar-refractivity contribution is 6.48. The molecule has 0 saturated heterocycles. The van der Waals surface area contributed by atoms with Crippen LogP contribution in [-0.4, -0.2) is 51.8 Å². The number of aromatic amines is 2. The van der Waals surface area contributed by atoms with Crippen LogP contribution in [0.3, 0.4) is 0 Å². The molecule has 218 valence electrons. The summed E-state index contributed by atoms with van der Waals surface area (Å²) in [5, 5.41) is 12.2. The molecule has 7 nitrogen and oxygen atoms in total. The SMILES string of the molecule is C=CC(C)(C)c1[nH]c2ccccc2c1C1=C(OC)C(=O)C(c2c[nH]c3c(CC(O)C(C)(C)Cl)cccc23)=C(OC)C1=O. The number of halogens is 1. The van der Waals surface area contributed by atoms with Crippen LogP contribution in [0.2, 0.25) is 0 Å². The predicted molar refractivity (Wildman–Crippen MR) is 167 cm³/mol. The second-order valence-electron chi connectivity index (χ2n) is 11.6. The highest BCUT2D eigenvalue weighted by Gasteiger charge is 2.42. The number of aliphatic hydroxyl groups is 1. The maximum atomic E-state index is 14.4. The van der Waals surface area contributed by atoms with Gasteiger partial charge in [-0.15, -0.1) is 18.2 Å². The summed E-state index contributed by atoms with van der Waals surface area (Å²) in [7, 11) is 2.78. The number of carbonyl (C=O) groups excluding carboxylic acids is 2. The lowest BCUT2D eigenvalue weighted by molar-refractivity contribution is -0.117. The summed E-state index contributed by atoms with van der Waals surface area (Å²) >= 11 is 6.36. The molecular weight excluding hydrogens is 552 g/mol. The zero-order valence-electron chi connectivity index (χ0n) is 24.6. The topological polar surface area (TPSA) is 104 Å². The highest BCUT2D eigenvalue weighted by Crippen LogP contribution is 2.44. The average molecular weight is 587 g/mol. The van der Waals surface area contributed by atoms with Crippen molar-refractivity contribution in [3.63, 3.8) is 0 Å². The van der Waals surface area contributed by atoms with Crippen molar-refractivity contribution >= 4 is 56.1 Å². The minimum absolute atomic E-state index is 0.0634. The maximum Gasteiger partial charge on any atom is 0.232 e. The Balaban J connectivity index is 1.72. The van der Waals surface area contributed by atoms with Crippen LogP contribution in [0.1, 0.15) is 50.1 Å². The normalized spacial score (nSPS) is 15.6. The van der Waals surface area contributed by atoms with Gasteiger partial charge in [-0.2, -0.15) is 0 Å². The van der Waals surface area contributed by atoms with Crippen molar-refractivity contribution in [2.75, 3.05) is 14.2 Å². The number of fused-ring (bicyclic) bond motifs is 2. The zero-order valence-corrected chi connectivity index (χ0v) is 25.4. The van der Waals surface area contributed by atoms with E-state index in [0.717, 1.165) is 27.7 Å². The first-order chi connectivity index (χ1) is 19.8. The second-order valence-corrected chi connectivity index (χ2v) is 12.6. The van der Waals surface area contributed by atoms with Crippen molar-refractivity contribution in [1.29, 1.82) is 0 Å². The number of alkyl halides is 1. The second kappa shape index (κ2) is 10.6. The summed E-state index contributed by atoms with van der Waals surface area (Å²) in [6.45, 7) is 11.5. The molecule has 4 aromatic rings. The monoisotopic (exact) mass is 586 g/mol. The summed E-state index contributed by atoms with van der Waals surface area (Å²) < 4.78 is 11.4. The van der Waals surface area contributed by atoms with E-state index in [0.29, 0.717) is 22.9 Å². The first kappa shape index (κ1) is 29.4. The van der Waals surface area contributed by atoms with Gasteiger partial charge in [0.05, 0.1) is 36.3 Å². The third-order valence-corrected chi connectivity index (χ3v) is 8.37. The molecule has 0 spiro atoms. The largest absolute Gasteiger partial charge is 0.492 e. The van der Waals surface area contributed by atoms with Gasteiger partial charge >= 0.3 is 0 Å². The van der Waals surface area contributed by atoms with Crippen molar-refractivity contribution in [3.8, 4) is 0 Å². The molecule has 2 aromatic carbocycles. The minimum Gasteiger partial charge on any atom is -0.492 e. The Hall–Kier alpha value is -4.07. The lowest BCUT2D eigenvalue weighted by atomic mass is 9.80. The molecule has 1 aliphatic rings. The molecule has 2 aromatic heterocycles. The molecule has 0 fully saturated rings. The summed E-state index contributed by atoms with van der Waals surface area (Å²) in [6, 6.07) is 13.2. The molecule has 1 unspecified atom stereocenters. The van der Waals surface area contributed by atoms with Crippen molar-refractivity contribution in [1.82, 2.24) is 9.97 Å². The first-order valence-corrected chi connectivity index (χ1v) is 14.1.